The first-order valence-corrected chi connectivity index (χ1v) is 10.1. The predicted octanol–water partition coefficient (Wildman–Crippen LogP) is 4.58. The summed E-state index contributed by atoms with van der Waals surface area (Å²) in [7, 11) is 0. The van der Waals surface area contributed by atoms with Crippen molar-refractivity contribution in [2.75, 3.05) is 11.9 Å². The van der Waals surface area contributed by atoms with Crippen molar-refractivity contribution in [1.29, 1.82) is 0 Å². The van der Waals surface area contributed by atoms with Crippen LogP contribution >= 0.6 is 0 Å². The number of aromatic nitrogens is 2. The fourth-order valence-electron chi connectivity index (χ4n) is 3.13. The molecule has 0 saturated heterocycles. The van der Waals surface area contributed by atoms with E-state index >= 15 is 0 Å². The summed E-state index contributed by atoms with van der Waals surface area (Å²) in [5, 5.41) is 7.62. The first-order valence-electron chi connectivity index (χ1n) is 10.1. The van der Waals surface area contributed by atoms with Gasteiger partial charge in [-0.2, -0.15) is 5.10 Å². The highest BCUT2D eigenvalue weighted by Gasteiger charge is 2.29. The van der Waals surface area contributed by atoms with Crippen LogP contribution in [0.4, 0.5) is 5.69 Å². The molecule has 2 aromatic carbocycles. The zero-order valence-electron chi connectivity index (χ0n) is 16.7. The third-order valence-electron chi connectivity index (χ3n) is 4.82. The van der Waals surface area contributed by atoms with Crippen molar-refractivity contribution in [2.24, 2.45) is 0 Å². The predicted molar refractivity (Wildman–Crippen MR) is 116 cm³/mol. The number of anilines is 1. The maximum atomic E-state index is 13.0. The second-order valence-corrected chi connectivity index (χ2v) is 7.14. The summed E-state index contributed by atoms with van der Waals surface area (Å²) in [6, 6.07) is 18.8. The van der Waals surface area contributed by atoms with Crippen molar-refractivity contribution in [2.45, 2.75) is 25.7 Å². The van der Waals surface area contributed by atoms with Crippen LogP contribution in [0.3, 0.4) is 0 Å². The molecule has 1 fully saturated rings. The van der Waals surface area contributed by atoms with Gasteiger partial charge >= 0.3 is 5.97 Å². The first kappa shape index (κ1) is 19.6. The van der Waals surface area contributed by atoms with Crippen LogP contribution < -0.4 is 5.32 Å². The van der Waals surface area contributed by atoms with E-state index in [0.29, 0.717) is 23.9 Å². The van der Waals surface area contributed by atoms with Gasteiger partial charge in [-0.1, -0.05) is 30.3 Å². The van der Waals surface area contributed by atoms with Crippen LogP contribution in [0.2, 0.25) is 0 Å². The van der Waals surface area contributed by atoms with Gasteiger partial charge in [-0.05, 0) is 61.7 Å². The second-order valence-electron chi connectivity index (χ2n) is 7.14. The van der Waals surface area contributed by atoms with Crippen molar-refractivity contribution in [3.05, 3.63) is 83.7 Å². The maximum Gasteiger partial charge on any atom is 0.330 e. The Balaban J connectivity index is 1.51. The molecule has 1 N–H and O–H groups in total. The van der Waals surface area contributed by atoms with Crippen LogP contribution in [0.15, 0.2) is 66.7 Å². The molecular weight excluding hydrogens is 378 g/mol. The van der Waals surface area contributed by atoms with Gasteiger partial charge in [0.05, 0.1) is 18.0 Å². The largest absolute Gasteiger partial charge is 0.463 e. The summed E-state index contributed by atoms with van der Waals surface area (Å²) in [6.45, 7) is 2.11. The van der Waals surface area contributed by atoms with E-state index in [1.165, 1.54) is 6.08 Å². The summed E-state index contributed by atoms with van der Waals surface area (Å²) in [4.78, 5) is 24.4. The summed E-state index contributed by atoms with van der Waals surface area (Å²) in [6.07, 6.45) is 5.30. The molecule has 1 heterocycles. The van der Waals surface area contributed by atoms with Crippen molar-refractivity contribution in [1.82, 2.24) is 9.78 Å². The third-order valence-corrected chi connectivity index (χ3v) is 4.82. The Morgan fingerprint density at radius 3 is 2.53 bits per heavy atom. The van der Waals surface area contributed by atoms with Crippen LogP contribution in [0, 0.1) is 0 Å². The number of benzene rings is 2. The molecule has 1 aliphatic carbocycles. The average Bonchev–Trinajstić information content (AvgIpc) is 3.52. The topological polar surface area (TPSA) is 73.2 Å². The van der Waals surface area contributed by atoms with Gasteiger partial charge in [0.15, 0.2) is 0 Å². The highest BCUT2D eigenvalue weighted by atomic mass is 16.5. The summed E-state index contributed by atoms with van der Waals surface area (Å²) < 4.78 is 6.58. The summed E-state index contributed by atoms with van der Waals surface area (Å²) >= 11 is 0. The number of esters is 1. The molecule has 30 heavy (non-hydrogen) atoms. The van der Waals surface area contributed by atoms with Gasteiger partial charge in [-0.15, -0.1) is 0 Å². The number of carbonyl (C=O) groups excluding carboxylic acids is 2. The van der Waals surface area contributed by atoms with E-state index in [4.69, 9.17) is 4.74 Å². The number of para-hydroxylation sites is 1. The molecule has 3 aromatic rings. The highest BCUT2D eigenvalue weighted by molar-refractivity contribution is 6.03. The normalized spacial score (nSPS) is 13.4. The van der Waals surface area contributed by atoms with E-state index in [-0.39, 0.29) is 11.9 Å². The first-order chi connectivity index (χ1) is 14.6. The number of nitrogens with zero attached hydrogens (tertiary/aromatic N) is 2. The van der Waals surface area contributed by atoms with Gasteiger partial charge < -0.3 is 10.1 Å². The van der Waals surface area contributed by atoms with Gasteiger partial charge in [0, 0.05) is 17.7 Å². The Morgan fingerprint density at radius 2 is 1.87 bits per heavy atom. The lowest BCUT2D eigenvalue weighted by atomic mass is 10.2. The fraction of sp³-hybridized carbons (Fsp3) is 0.208. The van der Waals surface area contributed by atoms with E-state index in [1.54, 1.807) is 29.8 Å². The van der Waals surface area contributed by atoms with E-state index in [1.807, 2.05) is 48.5 Å². The Labute approximate surface area is 175 Å². The van der Waals surface area contributed by atoms with Crippen LogP contribution in [0.1, 0.15) is 47.4 Å². The van der Waals surface area contributed by atoms with Crippen molar-refractivity contribution in [3.63, 3.8) is 0 Å². The average molecular weight is 401 g/mol. The van der Waals surface area contributed by atoms with Crippen LogP contribution in [-0.2, 0) is 9.53 Å². The lowest BCUT2D eigenvalue weighted by Crippen LogP contribution is -2.16. The van der Waals surface area contributed by atoms with E-state index in [2.05, 4.69) is 10.4 Å². The maximum absolute atomic E-state index is 13.0. The molecular formula is C24H23N3O3. The molecule has 1 aromatic heterocycles. The minimum absolute atomic E-state index is 0.215. The second kappa shape index (κ2) is 8.78. The molecule has 0 atom stereocenters. The lowest BCUT2D eigenvalue weighted by Gasteiger charge is -2.08. The standard InChI is InChI=1S/C24H23N3O3/c1-2-30-23(28)15-10-17-8-13-19(14-9-17)25-24(29)22-16-21(18-11-12-18)26-27(22)20-6-4-3-5-7-20/h3-10,13-16,18H,2,11-12H2,1H3,(H,25,29). The highest BCUT2D eigenvalue weighted by Crippen LogP contribution is 2.39. The number of amides is 1. The zero-order chi connectivity index (χ0) is 20.9. The molecule has 0 bridgehead atoms. The number of carbonyl (C=O) groups is 2. The van der Waals surface area contributed by atoms with Gasteiger partial charge in [-0.25, -0.2) is 9.48 Å². The Kier molecular flexibility index (Phi) is 5.75. The van der Waals surface area contributed by atoms with E-state index in [9.17, 15) is 9.59 Å². The Morgan fingerprint density at radius 1 is 1.13 bits per heavy atom. The quantitative estimate of drug-likeness (QED) is 0.465. The van der Waals surface area contributed by atoms with Crippen LogP contribution in [0.5, 0.6) is 0 Å². The molecule has 6 heteroatoms. The fourth-order valence-corrected chi connectivity index (χ4v) is 3.13. The molecule has 6 nitrogen and oxygen atoms in total. The van der Waals surface area contributed by atoms with Gasteiger partial charge in [-0.3, -0.25) is 4.79 Å². The smallest absolute Gasteiger partial charge is 0.330 e. The lowest BCUT2D eigenvalue weighted by molar-refractivity contribution is -0.137. The number of nitrogens with one attached hydrogen (secondary N) is 1. The van der Waals surface area contributed by atoms with Gasteiger partial charge in [0.1, 0.15) is 5.69 Å². The van der Waals surface area contributed by atoms with Crippen LogP contribution in [0.25, 0.3) is 11.8 Å². The molecule has 1 amide bonds. The van der Waals surface area contributed by atoms with Crippen molar-refractivity contribution in [3.8, 4) is 5.69 Å². The Bertz CT molecular complexity index is 1060. The summed E-state index contributed by atoms with van der Waals surface area (Å²) in [5.41, 5.74) is 3.83. The molecule has 0 aliphatic heterocycles. The number of ether oxygens (including phenoxy) is 1. The minimum atomic E-state index is -0.379. The van der Waals surface area contributed by atoms with Gasteiger partial charge in [0.25, 0.3) is 5.91 Å². The molecule has 0 radical (unpaired) electrons. The van der Waals surface area contributed by atoms with Crippen LogP contribution in [-0.4, -0.2) is 28.3 Å². The number of hydrogen-bond donors (Lipinski definition) is 1. The van der Waals surface area contributed by atoms with E-state index < -0.39 is 0 Å². The van der Waals surface area contributed by atoms with Crippen molar-refractivity contribution < 1.29 is 14.3 Å². The molecule has 1 saturated carbocycles. The zero-order valence-corrected chi connectivity index (χ0v) is 16.7. The number of hydrogen-bond acceptors (Lipinski definition) is 4. The molecule has 1 aliphatic rings. The molecule has 0 spiro atoms. The third kappa shape index (κ3) is 4.66. The molecule has 0 unspecified atom stereocenters. The SMILES string of the molecule is CCOC(=O)C=Cc1ccc(NC(=O)c2cc(C3CC3)nn2-c2ccccc2)cc1. The summed E-state index contributed by atoms with van der Waals surface area (Å²) in [5.74, 6) is -0.143. The molecule has 152 valence electrons. The number of rotatable bonds is 7. The molecule has 4 rings (SSSR count). The van der Waals surface area contributed by atoms with Crippen molar-refractivity contribution >= 4 is 23.6 Å². The minimum Gasteiger partial charge on any atom is -0.463 e. The van der Waals surface area contributed by atoms with Gasteiger partial charge in [0.2, 0.25) is 0 Å². The Hall–Kier alpha value is -3.67. The van der Waals surface area contributed by atoms with E-state index in [0.717, 1.165) is 29.8 Å². The monoisotopic (exact) mass is 401 g/mol.